The quantitative estimate of drug-likeness (QED) is 0.670. The van der Waals surface area contributed by atoms with Gasteiger partial charge >= 0.3 is 0 Å². The third kappa shape index (κ3) is 1.92. The summed E-state index contributed by atoms with van der Waals surface area (Å²) in [4.78, 5) is 0. The predicted octanol–water partition coefficient (Wildman–Crippen LogP) is 1.14. The molecule has 0 amide bonds. The maximum Gasteiger partial charge on any atom is 0.251 e. The summed E-state index contributed by atoms with van der Waals surface area (Å²) in [6.45, 7) is 2.55. The summed E-state index contributed by atoms with van der Waals surface area (Å²) >= 11 is 0. The number of nitrogens with zero attached hydrogens (tertiary/aromatic N) is 3. The smallest absolute Gasteiger partial charge is 0.251 e. The molecule has 4 nitrogen and oxygen atoms in total. The van der Waals surface area contributed by atoms with Crippen molar-refractivity contribution in [2.24, 2.45) is 0 Å². The zero-order valence-electron chi connectivity index (χ0n) is 6.82. The van der Waals surface area contributed by atoms with E-state index in [0.717, 1.165) is 6.42 Å². The number of aromatic nitrogens is 2. The van der Waals surface area contributed by atoms with E-state index in [1.807, 2.05) is 13.0 Å². The highest BCUT2D eigenvalue weighted by Gasteiger charge is 2.02. The molecule has 1 rings (SSSR count). The lowest BCUT2D eigenvalue weighted by Crippen LogP contribution is -2.00. The summed E-state index contributed by atoms with van der Waals surface area (Å²) in [6, 6.07) is 3.56. The molecule has 62 valence electrons. The van der Waals surface area contributed by atoms with Gasteiger partial charge in [0.1, 0.15) is 11.6 Å². The van der Waals surface area contributed by atoms with Gasteiger partial charge in [0.2, 0.25) is 0 Å². The van der Waals surface area contributed by atoms with Crippen molar-refractivity contribution in [1.29, 1.82) is 5.26 Å². The van der Waals surface area contributed by atoms with Gasteiger partial charge in [-0.3, -0.25) is 0 Å². The molecule has 0 atom stereocenters. The van der Waals surface area contributed by atoms with Crippen LogP contribution in [0.2, 0.25) is 0 Å². The fourth-order valence-electron chi connectivity index (χ4n) is 0.709. The van der Waals surface area contributed by atoms with Gasteiger partial charge in [-0.2, -0.15) is 10.4 Å². The molecule has 4 heteroatoms. The molecule has 0 saturated heterocycles. The van der Waals surface area contributed by atoms with Crippen LogP contribution in [-0.4, -0.2) is 16.8 Å². The summed E-state index contributed by atoms with van der Waals surface area (Å²) < 4.78 is 5.18. The van der Waals surface area contributed by atoms with Gasteiger partial charge in [-0.1, -0.05) is 6.92 Å². The Hall–Kier alpha value is -1.63. The molecule has 1 aromatic rings. The van der Waals surface area contributed by atoms with Gasteiger partial charge in [0, 0.05) is 0 Å². The van der Waals surface area contributed by atoms with E-state index in [2.05, 4.69) is 10.2 Å². The van der Waals surface area contributed by atoms with E-state index in [1.165, 1.54) is 6.20 Å². The number of rotatable bonds is 3. The van der Waals surface area contributed by atoms with Crippen LogP contribution < -0.4 is 4.74 Å². The Labute approximate surface area is 70.8 Å². The number of nitriles is 1. The van der Waals surface area contributed by atoms with Crippen molar-refractivity contribution in [2.45, 2.75) is 13.3 Å². The standard InChI is InChI=1S/C8H9N3O/c1-2-5-12-8-7(6-9)3-4-10-11-8/h3-4H,2,5H2,1H3. The molecule has 0 radical (unpaired) electrons. The van der Waals surface area contributed by atoms with Crippen LogP contribution in [0.1, 0.15) is 18.9 Å². The van der Waals surface area contributed by atoms with E-state index in [1.54, 1.807) is 6.07 Å². The second-order valence-corrected chi connectivity index (χ2v) is 2.21. The topological polar surface area (TPSA) is 58.8 Å². The second kappa shape index (κ2) is 4.29. The summed E-state index contributed by atoms with van der Waals surface area (Å²) in [7, 11) is 0. The number of hydrogen-bond donors (Lipinski definition) is 0. The molecule has 1 heterocycles. The predicted molar refractivity (Wildman–Crippen MR) is 42.5 cm³/mol. The first-order chi connectivity index (χ1) is 5.88. The van der Waals surface area contributed by atoms with Gasteiger partial charge in [0.15, 0.2) is 0 Å². The van der Waals surface area contributed by atoms with Crippen molar-refractivity contribution >= 4 is 0 Å². The van der Waals surface area contributed by atoms with Crippen LogP contribution in [0.25, 0.3) is 0 Å². The summed E-state index contributed by atoms with van der Waals surface area (Å²) in [5.74, 6) is 0.321. The third-order valence-corrected chi connectivity index (χ3v) is 1.25. The van der Waals surface area contributed by atoms with E-state index >= 15 is 0 Å². The monoisotopic (exact) mass is 163 g/mol. The fourth-order valence-corrected chi connectivity index (χ4v) is 0.709. The van der Waals surface area contributed by atoms with E-state index < -0.39 is 0 Å². The Kier molecular flexibility index (Phi) is 3.03. The van der Waals surface area contributed by atoms with Gasteiger partial charge in [0.05, 0.1) is 12.8 Å². The molecule has 12 heavy (non-hydrogen) atoms. The van der Waals surface area contributed by atoms with Gasteiger partial charge in [-0.15, -0.1) is 5.10 Å². The Morgan fingerprint density at radius 3 is 3.17 bits per heavy atom. The van der Waals surface area contributed by atoms with Gasteiger partial charge in [0.25, 0.3) is 5.88 Å². The van der Waals surface area contributed by atoms with Crippen molar-refractivity contribution in [3.05, 3.63) is 17.8 Å². The van der Waals surface area contributed by atoms with Crippen LogP contribution in [0.15, 0.2) is 12.3 Å². The normalized spacial score (nSPS) is 9.00. The highest BCUT2D eigenvalue weighted by atomic mass is 16.5. The minimum Gasteiger partial charge on any atom is -0.476 e. The maximum atomic E-state index is 8.62. The van der Waals surface area contributed by atoms with Crippen molar-refractivity contribution < 1.29 is 4.74 Å². The minimum atomic E-state index is 0.321. The summed E-state index contributed by atoms with van der Waals surface area (Å²) in [6.07, 6.45) is 2.36. The zero-order valence-corrected chi connectivity index (χ0v) is 6.82. The summed E-state index contributed by atoms with van der Waals surface area (Å²) in [5, 5.41) is 15.9. The van der Waals surface area contributed by atoms with Gasteiger partial charge in [-0.05, 0) is 12.5 Å². The third-order valence-electron chi connectivity index (χ3n) is 1.25. The van der Waals surface area contributed by atoms with Crippen molar-refractivity contribution in [2.75, 3.05) is 6.61 Å². The molecule has 0 spiro atoms. The van der Waals surface area contributed by atoms with E-state index in [0.29, 0.717) is 18.1 Å². The molecule has 0 N–H and O–H groups in total. The molecule has 0 aromatic carbocycles. The van der Waals surface area contributed by atoms with Gasteiger partial charge in [-0.25, -0.2) is 0 Å². The van der Waals surface area contributed by atoms with Crippen molar-refractivity contribution in [3.63, 3.8) is 0 Å². The van der Waals surface area contributed by atoms with E-state index in [-0.39, 0.29) is 0 Å². The van der Waals surface area contributed by atoms with Crippen LogP contribution in [-0.2, 0) is 0 Å². The SMILES string of the molecule is CCCOc1nnccc1C#N. The van der Waals surface area contributed by atoms with Crippen LogP contribution in [0.4, 0.5) is 0 Å². The minimum absolute atomic E-state index is 0.321. The Balaban J connectivity index is 2.77. The van der Waals surface area contributed by atoms with E-state index in [4.69, 9.17) is 10.00 Å². The van der Waals surface area contributed by atoms with Crippen LogP contribution in [0.3, 0.4) is 0 Å². The number of ether oxygens (including phenoxy) is 1. The molecule has 0 aliphatic carbocycles. The fraction of sp³-hybridized carbons (Fsp3) is 0.375. The first-order valence-electron chi connectivity index (χ1n) is 3.73. The Morgan fingerprint density at radius 2 is 2.50 bits per heavy atom. The van der Waals surface area contributed by atoms with Crippen LogP contribution in [0.5, 0.6) is 5.88 Å². The largest absolute Gasteiger partial charge is 0.476 e. The molecule has 0 aliphatic rings. The molecule has 1 aromatic heterocycles. The lowest BCUT2D eigenvalue weighted by molar-refractivity contribution is 0.300. The lowest BCUT2D eigenvalue weighted by Gasteiger charge is -2.02. The Morgan fingerprint density at radius 1 is 1.67 bits per heavy atom. The Bertz CT molecular complexity index is 293. The zero-order chi connectivity index (χ0) is 8.81. The average molecular weight is 163 g/mol. The molecular weight excluding hydrogens is 154 g/mol. The maximum absolute atomic E-state index is 8.62. The average Bonchev–Trinajstić information content (AvgIpc) is 2.15. The summed E-state index contributed by atoms with van der Waals surface area (Å²) in [5.41, 5.74) is 0.429. The highest BCUT2D eigenvalue weighted by Crippen LogP contribution is 2.10. The van der Waals surface area contributed by atoms with Crippen molar-refractivity contribution in [1.82, 2.24) is 10.2 Å². The van der Waals surface area contributed by atoms with Crippen molar-refractivity contribution in [3.8, 4) is 11.9 Å². The molecule has 0 unspecified atom stereocenters. The van der Waals surface area contributed by atoms with Crippen LogP contribution >= 0.6 is 0 Å². The first-order valence-corrected chi connectivity index (χ1v) is 3.73. The van der Waals surface area contributed by atoms with Crippen LogP contribution in [0, 0.1) is 11.3 Å². The molecular formula is C8H9N3O. The first kappa shape index (κ1) is 8.47. The van der Waals surface area contributed by atoms with Gasteiger partial charge < -0.3 is 4.74 Å². The highest BCUT2D eigenvalue weighted by molar-refractivity contribution is 5.35. The second-order valence-electron chi connectivity index (χ2n) is 2.21. The molecule has 0 fully saturated rings. The van der Waals surface area contributed by atoms with E-state index in [9.17, 15) is 0 Å². The molecule has 0 bridgehead atoms. The lowest BCUT2D eigenvalue weighted by atomic mass is 10.3. The number of hydrogen-bond acceptors (Lipinski definition) is 4. The molecule has 0 saturated carbocycles. The molecule has 0 aliphatic heterocycles.